The third kappa shape index (κ3) is 4.71. The van der Waals surface area contributed by atoms with Gasteiger partial charge in [0.25, 0.3) is 11.5 Å². The predicted octanol–water partition coefficient (Wildman–Crippen LogP) is 3.58. The van der Waals surface area contributed by atoms with E-state index in [1.54, 1.807) is 37.4 Å². The number of aryl methyl sites for hydroxylation is 2. The summed E-state index contributed by atoms with van der Waals surface area (Å²) in [7, 11) is 1.61. The Kier molecular flexibility index (Phi) is 6.75. The van der Waals surface area contributed by atoms with Crippen LogP contribution in [0.15, 0.2) is 71.8 Å². The number of hydrogen-bond acceptors (Lipinski definition) is 6. The molecule has 9 heteroatoms. The lowest BCUT2D eigenvalue weighted by atomic mass is 10.0. The quantitative estimate of drug-likeness (QED) is 0.369. The highest BCUT2D eigenvalue weighted by Crippen LogP contribution is 2.24. The van der Waals surface area contributed by atoms with Gasteiger partial charge in [-0.25, -0.2) is 9.37 Å². The van der Waals surface area contributed by atoms with E-state index in [-0.39, 0.29) is 17.2 Å². The number of hydrazine groups is 1. The topological polar surface area (TPSA) is 97.3 Å². The van der Waals surface area contributed by atoms with Crippen molar-refractivity contribution in [1.82, 2.24) is 20.4 Å². The molecule has 1 aliphatic heterocycles. The Morgan fingerprint density at radius 1 is 1.19 bits per heavy atom. The molecule has 0 aliphatic carbocycles. The molecule has 0 bridgehead atoms. The van der Waals surface area contributed by atoms with Gasteiger partial charge in [-0.05, 0) is 48.7 Å². The lowest BCUT2D eigenvalue weighted by Gasteiger charge is -2.13. The van der Waals surface area contributed by atoms with Crippen LogP contribution in [0.5, 0.6) is 5.75 Å². The first kappa shape index (κ1) is 23.7. The molecule has 5 rings (SSSR count). The van der Waals surface area contributed by atoms with Gasteiger partial charge in [0.2, 0.25) is 0 Å². The Labute approximate surface area is 207 Å². The predicted molar refractivity (Wildman–Crippen MR) is 136 cm³/mol. The molecule has 1 aliphatic rings. The maximum atomic E-state index is 14.7. The fourth-order valence-corrected chi connectivity index (χ4v) is 4.48. The number of carbonyl (C=O) groups excluding carboxylic acids is 1. The Hall–Kier alpha value is -4.08. The number of rotatable bonds is 7. The second-order valence-corrected chi connectivity index (χ2v) is 8.61. The van der Waals surface area contributed by atoms with Gasteiger partial charge in [0, 0.05) is 24.2 Å². The van der Waals surface area contributed by atoms with Gasteiger partial charge in [-0.2, -0.15) is 0 Å². The summed E-state index contributed by atoms with van der Waals surface area (Å²) in [6, 6.07) is 17.0. The number of hydrogen-bond donors (Lipinski definition) is 3. The molecule has 1 amide bonds. The highest BCUT2D eigenvalue weighted by atomic mass is 19.1. The molecule has 2 heterocycles. The molecule has 8 nitrogen and oxygen atoms in total. The minimum atomic E-state index is -0.505. The summed E-state index contributed by atoms with van der Waals surface area (Å²) in [4.78, 5) is 30.7. The van der Waals surface area contributed by atoms with Crippen LogP contribution in [0.25, 0.3) is 10.9 Å². The largest absolute Gasteiger partial charge is 0.496 e. The smallest absolute Gasteiger partial charge is 0.263 e. The number of ether oxygens (including phenoxy) is 1. The van der Waals surface area contributed by atoms with Gasteiger partial charge in [-0.3, -0.25) is 25.0 Å². The highest BCUT2D eigenvalue weighted by Gasteiger charge is 2.21. The first-order chi connectivity index (χ1) is 17.5. The van der Waals surface area contributed by atoms with E-state index in [1.807, 2.05) is 24.3 Å². The van der Waals surface area contributed by atoms with Crippen LogP contribution in [0.2, 0.25) is 0 Å². The van der Waals surface area contributed by atoms with Crippen molar-refractivity contribution in [2.75, 3.05) is 19.0 Å². The summed E-state index contributed by atoms with van der Waals surface area (Å²) in [6.45, 7) is 1.14. The van der Waals surface area contributed by atoms with Crippen LogP contribution in [0.4, 0.5) is 10.1 Å². The third-order valence-corrected chi connectivity index (χ3v) is 6.39. The molecule has 0 spiro atoms. The summed E-state index contributed by atoms with van der Waals surface area (Å²) in [5.74, 6) is -0.207. The minimum absolute atomic E-state index is 0.138. The lowest BCUT2D eigenvalue weighted by Crippen LogP contribution is -2.25. The minimum Gasteiger partial charge on any atom is -0.496 e. The molecule has 0 radical (unpaired) electrons. The second kappa shape index (κ2) is 10.3. The molecule has 0 saturated carbocycles. The number of nitrogens with one attached hydrogen (secondary N) is 3. The number of para-hydroxylation sites is 1. The van der Waals surface area contributed by atoms with Crippen LogP contribution in [0.3, 0.4) is 0 Å². The van der Waals surface area contributed by atoms with Gasteiger partial charge in [0.05, 0.1) is 36.1 Å². The second-order valence-electron chi connectivity index (χ2n) is 8.61. The molecule has 4 aromatic rings. The van der Waals surface area contributed by atoms with Crippen LogP contribution in [0, 0.1) is 5.82 Å². The third-order valence-electron chi connectivity index (χ3n) is 6.39. The van der Waals surface area contributed by atoms with Crippen molar-refractivity contribution in [2.24, 2.45) is 0 Å². The maximum Gasteiger partial charge on any atom is 0.263 e. The molecule has 184 valence electrons. The SMILES string of the molecule is COc1ccccc1CCn1cnc2cccc(NC(=O)c3ccc(C4CCNN4)c(F)c3)c2c1=O. The fourth-order valence-electron chi connectivity index (χ4n) is 4.48. The van der Waals surface area contributed by atoms with Crippen LogP contribution in [-0.4, -0.2) is 29.1 Å². The molecule has 1 fully saturated rings. The Morgan fingerprint density at radius 2 is 2.06 bits per heavy atom. The number of anilines is 1. The molecule has 3 aromatic carbocycles. The maximum absolute atomic E-state index is 14.7. The van der Waals surface area contributed by atoms with E-state index in [0.29, 0.717) is 35.1 Å². The van der Waals surface area contributed by atoms with E-state index in [2.05, 4.69) is 21.2 Å². The molecular formula is C27H26FN5O3. The van der Waals surface area contributed by atoms with Crippen molar-refractivity contribution >= 4 is 22.5 Å². The van der Waals surface area contributed by atoms with Crippen LogP contribution in [-0.2, 0) is 13.0 Å². The highest BCUT2D eigenvalue weighted by molar-refractivity contribution is 6.08. The summed E-state index contributed by atoms with van der Waals surface area (Å²) < 4.78 is 21.6. The van der Waals surface area contributed by atoms with Crippen molar-refractivity contribution < 1.29 is 13.9 Å². The number of fused-ring (bicyclic) bond motifs is 1. The van der Waals surface area contributed by atoms with Gasteiger partial charge < -0.3 is 10.1 Å². The number of amides is 1. The molecule has 36 heavy (non-hydrogen) atoms. The van der Waals surface area contributed by atoms with Gasteiger partial charge in [0.1, 0.15) is 11.6 Å². The van der Waals surface area contributed by atoms with E-state index in [1.165, 1.54) is 17.0 Å². The molecule has 1 saturated heterocycles. The number of carbonyl (C=O) groups is 1. The number of methoxy groups -OCH3 is 1. The van der Waals surface area contributed by atoms with Crippen LogP contribution in [0.1, 0.15) is 33.9 Å². The van der Waals surface area contributed by atoms with Gasteiger partial charge >= 0.3 is 0 Å². The Balaban J connectivity index is 1.40. The zero-order valence-electron chi connectivity index (χ0n) is 19.8. The van der Waals surface area contributed by atoms with Gasteiger partial charge in [0.15, 0.2) is 0 Å². The van der Waals surface area contributed by atoms with Crippen molar-refractivity contribution in [2.45, 2.75) is 25.4 Å². The zero-order valence-corrected chi connectivity index (χ0v) is 19.8. The van der Waals surface area contributed by atoms with E-state index in [9.17, 15) is 14.0 Å². The fraction of sp³-hybridized carbons (Fsp3) is 0.222. The summed E-state index contributed by atoms with van der Waals surface area (Å²) in [5.41, 5.74) is 8.16. The Bertz CT molecular complexity index is 1480. The van der Waals surface area contributed by atoms with Crippen LogP contribution < -0.4 is 26.5 Å². The standard InChI is InChI=1S/C27H26FN5O3/c1-36-24-8-3-2-5-17(24)12-14-33-16-29-22-6-4-7-23(25(22)27(33)35)31-26(34)18-9-10-19(20(28)15-18)21-11-13-30-32-21/h2-10,15-16,21,30,32H,11-14H2,1H3,(H,31,34). The van der Waals surface area contributed by atoms with Crippen molar-refractivity contribution in [1.29, 1.82) is 0 Å². The van der Waals surface area contributed by atoms with Gasteiger partial charge in [-0.15, -0.1) is 0 Å². The van der Waals surface area contributed by atoms with E-state index >= 15 is 0 Å². The van der Waals surface area contributed by atoms with E-state index in [0.717, 1.165) is 24.3 Å². The van der Waals surface area contributed by atoms with Crippen LogP contribution >= 0.6 is 0 Å². The first-order valence-electron chi connectivity index (χ1n) is 11.7. The normalized spacial score (nSPS) is 15.2. The Morgan fingerprint density at radius 3 is 2.83 bits per heavy atom. The average Bonchev–Trinajstić information content (AvgIpc) is 3.43. The molecule has 3 N–H and O–H groups in total. The zero-order chi connectivity index (χ0) is 25.1. The summed E-state index contributed by atoms with van der Waals surface area (Å²) in [5, 5.41) is 3.07. The van der Waals surface area contributed by atoms with E-state index in [4.69, 9.17) is 4.74 Å². The van der Waals surface area contributed by atoms with Gasteiger partial charge in [-0.1, -0.05) is 30.3 Å². The lowest BCUT2D eigenvalue weighted by molar-refractivity contribution is 0.102. The number of benzene rings is 3. The molecule has 1 aromatic heterocycles. The monoisotopic (exact) mass is 487 g/mol. The molecule has 1 unspecified atom stereocenters. The first-order valence-corrected chi connectivity index (χ1v) is 11.7. The van der Waals surface area contributed by atoms with Crippen molar-refractivity contribution in [3.8, 4) is 5.75 Å². The summed E-state index contributed by atoms with van der Waals surface area (Å²) in [6.07, 6.45) is 2.84. The average molecular weight is 488 g/mol. The number of nitrogens with zero attached hydrogens (tertiary/aromatic N) is 2. The molecular weight excluding hydrogens is 461 g/mol. The number of halogens is 1. The number of aromatic nitrogens is 2. The molecule has 1 atom stereocenters. The van der Waals surface area contributed by atoms with Crippen molar-refractivity contribution in [3.63, 3.8) is 0 Å². The van der Waals surface area contributed by atoms with Crippen molar-refractivity contribution in [3.05, 3.63) is 99.9 Å². The summed E-state index contributed by atoms with van der Waals surface area (Å²) >= 11 is 0. The van der Waals surface area contributed by atoms with E-state index < -0.39 is 11.7 Å².